The Morgan fingerprint density at radius 2 is 1.65 bits per heavy atom. The summed E-state index contributed by atoms with van der Waals surface area (Å²) in [6, 6.07) is 17.2. The molecule has 1 aliphatic heterocycles. The number of benzene rings is 1. The Hall–Kier alpha value is -2.48. The summed E-state index contributed by atoms with van der Waals surface area (Å²) in [5.41, 5.74) is 6.80. The Morgan fingerprint density at radius 1 is 0.850 bits per heavy atom. The van der Waals surface area contributed by atoms with E-state index < -0.39 is 0 Å². The Balaban J connectivity index is 1.87. The van der Waals surface area contributed by atoms with Crippen molar-refractivity contribution < 1.29 is 4.57 Å². The summed E-state index contributed by atoms with van der Waals surface area (Å²) in [7, 11) is 0. The lowest BCUT2D eigenvalue weighted by Crippen LogP contribution is -2.42. The summed E-state index contributed by atoms with van der Waals surface area (Å²) >= 11 is 0. The van der Waals surface area contributed by atoms with E-state index in [4.69, 9.17) is 0 Å². The van der Waals surface area contributed by atoms with Crippen molar-refractivity contribution in [2.75, 3.05) is 0 Å². The highest BCUT2D eigenvalue weighted by molar-refractivity contribution is 5.65. The van der Waals surface area contributed by atoms with Crippen LogP contribution in [0.3, 0.4) is 0 Å². The molecular weight excluding hydrogens is 244 g/mol. The highest BCUT2D eigenvalue weighted by Gasteiger charge is 2.24. The summed E-state index contributed by atoms with van der Waals surface area (Å²) < 4.78 is 2.36. The van der Waals surface area contributed by atoms with Crippen LogP contribution in [0.2, 0.25) is 0 Å². The Bertz CT molecular complexity index is 763. The van der Waals surface area contributed by atoms with Gasteiger partial charge >= 0.3 is 0 Å². The third kappa shape index (κ3) is 1.81. The number of hydrogen-bond acceptors (Lipinski definition) is 1. The molecule has 0 fully saturated rings. The lowest BCUT2D eigenvalue weighted by molar-refractivity contribution is -0.697. The van der Waals surface area contributed by atoms with Crippen LogP contribution in [0.4, 0.5) is 0 Å². The second kappa shape index (κ2) is 4.57. The quantitative estimate of drug-likeness (QED) is 0.480. The molecule has 0 unspecified atom stereocenters. The summed E-state index contributed by atoms with van der Waals surface area (Å²) in [4.78, 5) is 4.11. The van der Waals surface area contributed by atoms with Crippen LogP contribution >= 0.6 is 0 Å². The van der Waals surface area contributed by atoms with Crippen molar-refractivity contribution in [1.29, 1.82) is 0 Å². The predicted molar refractivity (Wildman–Crippen MR) is 78.2 cm³/mol. The monoisotopic (exact) mass is 259 g/mol. The van der Waals surface area contributed by atoms with Gasteiger partial charge in [-0.15, -0.1) is 0 Å². The summed E-state index contributed by atoms with van der Waals surface area (Å²) in [5, 5.41) is 0. The molecule has 2 aromatic heterocycles. The highest BCUT2D eigenvalue weighted by Crippen LogP contribution is 2.26. The van der Waals surface area contributed by atoms with Crippen molar-refractivity contribution in [1.82, 2.24) is 4.98 Å². The van der Waals surface area contributed by atoms with Crippen molar-refractivity contribution in [3.05, 3.63) is 83.9 Å². The van der Waals surface area contributed by atoms with Gasteiger partial charge < -0.3 is 0 Å². The van der Waals surface area contributed by atoms with E-state index in [9.17, 15) is 0 Å². The van der Waals surface area contributed by atoms with Gasteiger partial charge in [0.25, 0.3) is 0 Å². The van der Waals surface area contributed by atoms with Crippen LogP contribution in [0.1, 0.15) is 16.8 Å². The molecule has 1 aromatic carbocycles. The number of fused-ring (bicyclic) bond motifs is 2. The van der Waals surface area contributed by atoms with E-state index in [1.54, 1.807) is 0 Å². The van der Waals surface area contributed by atoms with Gasteiger partial charge in [-0.1, -0.05) is 24.3 Å². The van der Waals surface area contributed by atoms with Gasteiger partial charge in [0.1, 0.15) is 0 Å². The molecule has 0 radical (unpaired) electrons. The van der Waals surface area contributed by atoms with E-state index in [-0.39, 0.29) is 0 Å². The Kier molecular flexibility index (Phi) is 2.59. The van der Waals surface area contributed by atoms with Crippen LogP contribution in [0.25, 0.3) is 11.1 Å². The minimum Gasteiger partial charge on any atom is -0.265 e. The van der Waals surface area contributed by atoms with Crippen LogP contribution in [0.15, 0.2) is 67.1 Å². The molecule has 0 aliphatic carbocycles. The highest BCUT2D eigenvalue weighted by atomic mass is 15.0. The number of nitrogens with zero attached hydrogens (tertiary/aromatic N) is 2. The zero-order valence-corrected chi connectivity index (χ0v) is 11.2. The molecule has 4 rings (SSSR count). The molecule has 0 amide bonds. The molecule has 2 nitrogen and oxygen atoms in total. The third-order valence-electron chi connectivity index (χ3n) is 3.99. The molecule has 3 heterocycles. The van der Waals surface area contributed by atoms with Gasteiger partial charge in [-0.3, -0.25) is 4.98 Å². The maximum Gasteiger partial charge on any atom is 0.193 e. The fraction of sp³-hybridized carbons (Fsp3) is 0.111. The average Bonchev–Trinajstić information content (AvgIpc) is 2.53. The first-order valence-corrected chi connectivity index (χ1v) is 6.90. The van der Waals surface area contributed by atoms with E-state index in [2.05, 4.69) is 64.3 Å². The van der Waals surface area contributed by atoms with E-state index in [0.717, 1.165) is 13.0 Å². The molecule has 3 aromatic rings. The molecule has 0 bridgehead atoms. The Labute approximate surface area is 118 Å². The zero-order valence-electron chi connectivity index (χ0n) is 11.2. The largest absolute Gasteiger partial charge is 0.265 e. The van der Waals surface area contributed by atoms with Crippen LogP contribution in [0, 0.1) is 0 Å². The molecule has 0 atom stereocenters. The number of aromatic nitrogens is 2. The van der Waals surface area contributed by atoms with Gasteiger partial charge in [-0.2, -0.15) is 4.57 Å². The van der Waals surface area contributed by atoms with Crippen LogP contribution in [-0.2, 0) is 13.0 Å². The molecule has 0 saturated heterocycles. The standard InChI is InChI=1S/C18H15N2/c1-2-5-16-13-20-11-3-6-17(14-7-9-19-10-8-14)18(20)12-15(16)4-1/h1-11H,12-13H2/q+1. The van der Waals surface area contributed by atoms with Crippen LogP contribution in [0.5, 0.6) is 0 Å². The summed E-state index contributed by atoms with van der Waals surface area (Å²) in [5.74, 6) is 0. The molecule has 0 spiro atoms. The molecular formula is C18H15N2+. The molecule has 20 heavy (non-hydrogen) atoms. The average molecular weight is 259 g/mol. The second-order valence-corrected chi connectivity index (χ2v) is 5.18. The first-order valence-electron chi connectivity index (χ1n) is 6.90. The van der Waals surface area contributed by atoms with Crippen LogP contribution < -0.4 is 4.57 Å². The smallest absolute Gasteiger partial charge is 0.193 e. The number of pyridine rings is 2. The number of rotatable bonds is 1. The van der Waals surface area contributed by atoms with Gasteiger partial charge in [0.15, 0.2) is 18.4 Å². The topological polar surface area (TPSA) is 16.8 Å². The lowest BCUT2D eigenvalue weighted by Gasteiger charge is -2.16. The van der Waals surface area contributed by atoms with E-state index in [1.165, 1.54) is 27.9 Å². The first kappa shape index (κ1) is 11.4. The Morgan fingerprint density at radius 3 is 2.50 bits per heavy atom. The van der Waals surface area contributed by atoms with Crippen molar-refractivity contribution in [3.63, 3.8) is 0 Å². The lowest BCUT2D eigenvalue weighted by atomic mass is 9.93. The van der Waals surface area contributed by atoms with Gasteiger partial charge in [0.05, 0.1) is 6.42 Å². The minimum atomic E-state index is 0.963. The molecule has 2 heteroatoms. The van der Waals surface area contributed by atoms with E-state index in [1.807, 2.05) is 12.4 Å². The SMILES string of the molecule is c1ccc2c(c1)Cc1c(-c3ccncc3)ccc[n+]1C2. The normalized spacial score (nSPS) is 12.6. The van der Waals surface area contributed by atoms with Crippen molar-refractivity contribution in [2.24, 2.45) is 0 Å². The van der Waals surface area contributed by atoms with E-state index >= 15 is 0 Å². The van der Waals surface area contributed by atoms with Crippen molar-refractivity contribution in [2.45, 2.75) is 13.0 Å². The first-order chi connectivity index (χ1) is 9.92. The van der Waals surface area contributed by atoms with Gasteiger partial charge in [-0.05, 0) is 29.3 Å². The predicted octanol–water partition coefficient (Wildman–Crippen LogP) is 2.99. The van der Waals surface area contributed by atoms with E-state index in [0.29, 0.717) is 0 Å². The molecule has 96 valence electrons. The van der Waals surface area contributed by atoms with Crippen molar-refractivity contribution in [3.8, 4) is 11.1 Å². The minimum absolute atomic E-state index is 0.963. The number of hydrogen-bond donors (Lipinski definition) is 0. The van der Waals surface area contributed by atoms with Crippen molar-refractivity contribution >= 4 is 0 Å². The fourth-order valence-electron chi connectivity index (χ4n) is 2.97. The van der Waals surface area contributed by atoms with Gasteiger partial charge in [0.2, 0.25) is 0 Å². The maximum absolute atomic E-state index is 4.11. The zero-order chi connectivity index (χ0) is 13.4. The fourth-order valence-corrected chi connectivity index (χ4v) is 2.97. The molecule has 1 aliphatic rings. The van der Waals surface area contributed by atoms with Gasteiger partial charge in [-0.25, -0.2) is 0 Å². The third-order valence-corrected chi connectivity index (χ3v) is 3.99. The summed E-state index contributed by atoms with van der Waals surface area (Å²) in [6.07, 6.45) is 6.89. The maximum atomic E-state index is 4.11. The molecule has 0 N–H and O–H groups in total. The molecule has 0 saturated carbocycles. The van der Waals surface area contributed by atoms with Crippen LogP contribution in [-0.4, -0.2) is 4.98 Å². The summed E-state index contributed by atoms with van der Waals surface area (Å²) in [6.45, 7) is 0.963. The van der Waals surface area contributed by atoms with Gasteiger partial charge in [0, 0.05) is 29.6 Å². The second-order valence-electron chi connectivity index (χ2n) is 5.18.